The summed E-state index contributed by atoms with van der Waals surface area (Å²) in [7, 11) is 0. The first-order valence-corrected chi connectivity index (χ1v) is 29.5. The summed E-state index contributed by atoms with van der Waals surface area (Å²) >= 11 is 0. The second kappa shape index (κ2) is 39.7. The van der Waals surface area contributed by atoms with Crippen LogP contribution in [0.3, 0.4) is 0 Å². The van der Waals surface area contributed by atoms with Gasteiger partial charge in [0.15, 0.2) is 0 Å². The Labute approximate surface area is 498 Å². The molecule has 9 unspecified atom stereocenters. The third-order valence-corrected chi connectivity index (χ3v) is 14.3. The van der Waals surface area contributed by atoms with Gasteiger partial charge in [-0.2, -0.15) is 0 Å². The predicted molar refractivity (Wildman–Crippen MR) is 316 cm³/mol. The van der Waals surface area contributed by atoms with Crippen LogP contribution >= 0.6 is 0 Å². The van der Waals surface area contributed by atoms with Gasteiger partial charge in [-0.3, -0.25) is 52.7 Å². The Hall–Kier alpha value is -6.89. The maximum absolute atomic E-state index is 14.5. The summed E-state index contributed by atoms with van der Waals surface area (Å²) in [5, 5.41) is 49.7. The van der Waals surface area contributed by atoms with Gasteiger partial charge in [-0.1, -0.05) is 77.3 Å². The van der Waals surface area contributed by atoms with Gasteiger partial charge in [0, 0.05) is 19.4 Å². The first-order chi connectivity index (χ1) is 40.3. The molecule has 85 heavy (non-hydrogen) atoms. The number of unbranched alkanes of at least 4 members (excludes halogenated alkanes) is 1. The average Bonchev–Trinajstić information content (AvgIpc) is 3.67. The summed E-state index contributed by atoms with van der Waals surface area (Å²) in [5.41, 5.74) is 29.9. The molecule has 2 rings (SSSR count). The van der Waals surface area contributed by atoms with Crippen LogP contribution in [0.25, 0.3) is 0 Å². The minimum absolute atomic E-state index is 0.0173. The molecular weight excluding hydrogens is 1100 g/mol. The van der Waals surface area contributed by atoms with E-state index in [2.05, 4.69) is 72.3 Å². The molecule has 1 aliphatic rings. The van der Waals surface area contributed by atoms with Crippen molar-refractivity contribution >= 4 is 65.0 Å². The van der Waals surface area contributed by atoms with Gasteiger partial charge >= 0.3 is 0 Å². The summed E-state index contributed by atoms with van der Waals surface area (Å²) < 4.78 is 0. The highest BCUT2D eigenvalue weighted by Gasteiger charge is 2.37. The second-order valence-corrected chi connectivity index (χ2v) is 22.0. The lowest BCUT2D eigenvalue weighted by molar-refractivity contribution is -0.137. The van der Waals surface area contributed by atoms with Crippen molar-refractivity contribution < 1.29 is 63.0 Å². The van der Waals surface area contributed by atoms with Gasteiger partial charge in [0.1, 0.15) is 60.4 Å². The molecule has 23 N–H and O–H groups in total. The third kappa shape index (κ3) is 26.9. The summed E-state index contributed by atoms with van der Waals surface area (Å²) in [6.45, 7) is 9.00. The molecule has 0 aliphatic carbocycles. The summed E-state index contributed by atoms with van der Waals surface area (Å²) in [6.07, 6.45) is -1.05. The number of carbonyl (C=O) groups is 11. The molecule has 1 aromatic carbocycles. The standard InChI is InChI=1S/C56H98N16O13/c1-7-32(4)13-11-12-16-44(75)63-36(17-23-57)51(80)72-46(34(6)74)56(85)68-39(20-26-60)48(77)67-41-22-28-62-55(84)45(33(5)73)71-52(81)40(21-27-61)65-47(76)37(18-24-58)66-53(82)42(29-31(2)3)69-54(83)43(30-35-14-9-8-10-15-35)70-49(78)38(19-25-59)64-50(41)79/h8-10,14-15,31-34,36-43,45-46,73-74H,7,11-13,16-30,57-61H2,1-6H3,(H,62,84)(H,63,75)(H,64,79)(H,65,76)(H,66,82)(H,67,77)(H,68,85)(H,69,83)(H,70,78)(H,71,81)(H,72,80)/t32?,33-,34-,36?,37?,38?,39?,40?,41?,42?,43?,45+,46+/m1/s1. The molecule has 1 heterocycles. The highest BCUT2D eigenvalue weighted by Crippen LogP contribution is 2.14. The van der Waals surface area contributed by atoms with Crippen LogP contribution in [0, 0.1) is 11.8 Å². The van der Waals surface area contributed by atoms with Crippen LogP contribution in [0.2, 0.25) is 0 Å². The molecule has 1 fully saturated rings. The largest absolute Gasteiger partial charge is 0.391 e. The monoisotopic (exact) mass is 1200 g/mol. The molecule has 480 valence electrons. The van der Waals surface area contributed by atoms with E-state index in [1.807, 2.05) is 0 Å². The van der Waals surface area contributed by atoms with Gasteiger partial charge in [-0.05, 0) is 115 Å². The van der Waals surface area contributed by atoms with Crippen molar-refractivity contribution in [2.75, 3.05) is 39.3 Å². The molecular formula is C56H98N16O13. The first-order valence-electron chi connectivity index (χ1n) is 29.5. The Morgan fingerprint density at radius 1 is 0.565 bits per heavy atom. The number of nitrogens with one attached hydrogen (secondary N) is 11. The van der Waals surface area contributed by atoms with Crippen molar-refractivity contribution in [3.63, 3.8) is 0 Å². The third-order valence-electron chi connectivity index (χ3n) is 14.3. The number of nitrogens with two attached hydrogens (primary N) is 5. The normalized spacial score (nSPS) is 22.9. The van der Waals surface area contributed by atoms with Crippen LogP contribution in [0.15, 0.2) is 30.3 Å². The lowest BCUT2D eigenvalue weighted by Crippen LogP contribution is -2.62. The fourth-order valence-electron chi connectivity index (χ4n) is 9.12. The lowest BCUT2D eigenvalue weighted by atomic mass is 10.00. The Kier molecular flexibility index (Phi) is 34.6. The van der Waals surface area contributed by atoms with Gasteiger partial charge in [-0.15, -0.1) is 0 Å². The number of carbonyl (C=O) groups excluding carboxylic acids is 11. The van der Waals surface area contributed by atoms with Gasteiger partial charge in [-0.25, -0.2) is 0 Å². The molecule has 11 amide bonds. The molecule has 0 aromatic heterocycles. The zero-order chi connectivity index (χ0) is 63.8. The molecule has 13 atom stereocenters. The molecule has 1 aliphatic heterocycles. The number of rotatable bonds is 29. The molecule has 29 heteroatoms. The van der Waals surface area contributed by atoms with Crippen molar-refractivity contribution in [1.82, 2.24) is 58.5 Å². The number of amides is 11. The van der Waals surface area contributed by atoms with Crippen LogP contribution in [-0.4, -0.2) is 187 Å². The van der Waals surface area contributed by atoms with Gasteiger partial charge in [0.2, 0.25) is 65.0 Å². The molecule has 1 saturated heterocycles. The summed E-state index contributed by atoms with van der Waals surface area (Å²) in [4.78, 5) is 154. The summed E-state index contributed by atoms with van der Waals surface area (Å²) in [5.74, 6) is -9.45. The Balaban J connectivity index is 2.67. The van der Waals surface area contributed by atoms with Crippen LogP contribution in [-0.2, 0) is 59.2 Å². The molecule has 0 spiro atoms. The zero-order valence-corrected chi connectivity index (χ0v) is 50.2. The molecule has 1 aromatic rings. The Bertz CT molecular complexity index is 2320. The number of aliphatic hydroxyl groups excluding tert-OH is 2. The van der Waals surface area contributed by atoms with Gasteiger partial charge in [0.05, 0.1) is 12.2 Å². The smallest absolute Gasteiger partial charge is 0.245 e. The van der Waals surface area contributed by atoms with E-state index in [1.54, 1.807) is 44.2 Å². The van der Waals surface area contributed by atoms with E-state index in [4.69, 9.17) is 28.7 Å². The van der Waals surface area contributed by atoms with Gasteiger partial charge in [0.25, 0.3) is 0 Å². The van der Waals surface area contributed by atoms with E-state index >= 15 is 0 Å². The second-order valence-electron chi connectivity index (χ2n) is 22.0. The van der Waals surface area contributed by atoms with E-state index in [9.17, 15) is 63.0 Å². The molecule has 0 bridgehead atoms. The number of hydrogen-bond donors (Lipinski definition) is 18. The zero-order valence-electron chi connectivity index (χ0n) is 50.2. The molecule has 29 nitrogen and oxygen atoms in total. The first kappa shape index (κ1) is 74.2. The predicted octanol–water partition coefficient (Wildman–Crippen LogP) is -5.24. The lowest BCUT2D eigenvalue weighted by Gasteiger charge is -2.29. The van der Waals surface area contributed by atoms with Crippen molar-refractivity contribution in [2.45, 2.75) is 198 Å². The van der Waals surface area contributed by atoms with E-state index in [0.29, 0.717) is 17.9 Å². The number of aliphatic hydroxyl groups is 2. The quantitative estimate of drug-likeness (QED) is 0.0333. The van der Waals surface area contributed by atoms with Crippen LogP contribution in [0.4, 0.5) is 0 Å². The van der Waals surface area contributed by atoms with E-state index in [-0.39, 0.29) is 90.0 Å². The summed E-state index contributed by atoms with van der Waals surface area (Å²) in [6, 6.07) is -6.23. The maximum Gasteiger partial charge on any atom is 0.245 e. The maximum atomic E-state index is 14.5. The van der Waals surface area contributed by atoms with Crippen molar-refractivity contribution in [3.8, 4) is 0 Å². The Morgan fingerprint density at radius 2 is 1.06 bits per heavy atom. The average molecular weight is 1200 g/mol. The Morgan fingerprint density at radius 3 is 1.56 bits per heavy atom. The minimum atomic E-state index is -1.70. The van der Waals surface area contributed by atoms with Gasteiger partial charge < -0.3 is 97.4 Å². The van der Waals surface area contributed by atoms with Crippen molar-refractivity contribution in [3.05, 3.63) is 35.9 Å². The van der Waals surface area contributed by atoms with E-state index in [0.717, 1.165) is 19.3 Å². The van der Waals surface area contributed by atoms with E-state index in [1.165, 1.54) is 13.8 Å². The highest BCUT2D eigenvalue weighted by atomic mass is 16.3. The van der Waals surface area contributed by atoms with Crippen LogP contribution in [0.5, 0.6) is 0 Å². The fourth-order valence-corrected chi connectivity index (χ4v) is 9.12. The SMILES string of the molecule is CCC(C)CCCCC(=O)NC(CCN)C(=O)N[C@H](C(=O)NC(CCN)C(=O)NC1CCNC(=O)[C@H]([C@@H](C)O)NC(=O)C(CCN)NC(=O)C(CCN)NC(=O)C(CC(C)C)NC(=O)C(Cc2ccccc2)NC(=O)C(CCN)NC1=O)[C@@H](C)O. The van der Waals surface area contributed by atoms with Crippen molar-refractivity contribution in [2.24, 2.45) is 40.5 Å². The fraction of sp³-hybridized carbons (Fsp3) is 0.696. The molecule has 0 saturated carbocycles. The minimum Gasteiger partial charge on any atom is -0.391 e. The topological polar surface area (TPSA) is 491 Å². The van der Waals surface area contributed by atoms with Crippen molar-refractivity contribution in [1.29, 1.82) is 0 Å². The van der Waals surface area contributed by atoms with E-state index < -0.39 is 151 Å². The van der Waals surface area contributed by atoms with Crippen LogP contribution in [0.1, 0.15) is 124 Å². The number of benzene rings is 1. The molecule has 0 radical (unpaired) electrons. The van der Waals surface area contributed by atoms with Crippen LogP contribution < -0.4 is 87.2 Å². The highest BCUT2D eigenvalue weighted by molar-refractivity contribution is 5.99. The number of hydrogen-bond acceptors (Lipinski definition) is 18.